The first-order chi connectivity index (χ1) is 10.5. The maximum atomic E-state index is 12.3. The molecule has 0 aromatic carbocycles. The van der Waals surface area contributed by atoms with Crippen LogP contribution in [0.5, 0.6) is 0 Å². The summed E-state index contributed by atoms with van der Waals surface area (Å²) in [5.74, 6) is 0.863. The van der Waals surface area contributed by atoms with Gasteiger partial charge in [-0.15, -0.1) is 10.2 Å². The molecule has 2 N–H and O–H groups in total. The molecule has 8 nitrogen and oxygen atoms in total. The largest absolute Gasteiger partial charge is 0.444 e. The van der Waals surface area contributed by atoms with Crippen molar-refractivity contribution in [3.8, 4) is 0 Å². The molecule has 0 aliphatic carbocycles. The molecule has 0 saturated carbocycles. The molecular weight excluding hydrogens is 296 g/mol. The third-order valence-electron chi connectivity index (χ3n) is 3.68. The van der Waals surface area contributed by atoms with E-state index in [4.69, 9.17) is 10.5 Å². The number of aryl methyl sites for hydroxylation is 1. The van der Waals surface area contributed by atoms with E-state index in [1.165, 1.54) is 0 Å². The van der Waals surface area contributed by atoms with Crippen molar-refractivity contribution in [3.63, 3.8) is 0 Å². The van der Waals surface area contributed by atoms with Gasteiger partial charge in [-0.05, 0) is 41.5 Å². The lowest BCUT2D eigenvalue weighted by Crippen LogP contribution is -2.61. The topological polar surface area (TPSA) is 97.5 Å². The second-order valence-corrected chi connectivity index (χ2v) is 7.45. The fourth-order valence-corrected chi connectivity index (χ4v) is 2.50. The van der Waals surface area contributed by atoms with Crippen LogP contribution in [-0.4, -0.2) is 56.9 Å². The predicted molar refractivity (Wildman–Crippen MR) is 88.2 cm³/mol. The van der Waals surface area contributed by atoms with Crippen LogP contribution in [0.2, 0.25) is 0 Å². The third-order valence-corrected chi connectivity index (χ3v) is 3.68. The summed E-state index contributed by atoms with van der Waals surface area (Å²) in [4.78, 5) is 20.3. The molecule has 1 aromatic rings. The number of hydrogen-bond donors (Lipinski definition) is 1. The van der Waals surface area contributed by atoms with Gasteiger partial charge >= 0.3 is 6.09 Å². The van der Waals surface area contributed by atoms with Gasteiger partial charge in [-0.2, -0.15) is 4.98 Å². The first kappa shape index (κ1) is 17.2. The van der Waals surface area contributed by atoms with Gasteiger partial charge in [-0.1, -0.05) is 0 Å². The fraction of sp³-hybridized carbons (Fsp3) is 0.733. The third kappa shape index (κ3) is 4.00. The first-order valence-corrected chi connectivity index (χ1v) is 7.72. The van der Waals surface area contributed by atoms with Crippen molar-refractivity contribution in [1.82, 2.24) is 20.1 Å². The van der Waals surface area contributed by atoms with E-state index < -0.39 is 5.60 Å². The molecule has 2 rings (SSSR count). The Kier molecular flexibility index (Phi) is 4.37. The summed E-state index contributed by atoms with van der Waals surface area (Å²) in [5.41, 5.74) is 5.59. The highest BCUT2D eigenvalue weighted by Gasteiger charge is 2.38. The number of hydrogen-bond acceptors (Lipinski definition) is 7. The van der Waals surface area contributed by atoms with Gasteiger partial charge in [0.15, 0.2) is 5.82 Å². The number of nitrogens with zero attached hydrogens (tertiary/aromatic N) is 5. The Morgan fingerprint density at radius 3 is 2.43 bits per heavy atom. The van der Waals surface area contributed by atoms with E-state index in [0.29, 0.717) is 37.1 Å². The molecule has 1 aliphatic heterocycles. The van der Waals surface area contributed by atoms with Crippen molar-refractivity contribution in [1.29, 1.82) is 0 Å². The minimum atomic E-state index is -0.503. The molecule has 1 amide bonds. The zero-order valence-corrected chi connectivity index (χ0v) is 14.8. The molecule has 0 radical (unpaired) electrons. The van der Waals surface area contributed by atoms with E-state index in [1.54, 1.807) is 11.8 Å². The van der Waals surface area contributed by atoms with Gasteiger partial charge in [0.2, 0.25) is 5.95 Å². The molecule has 0 atom stereocenters. The smallest absolute Gasteiger partial charge is 0.410 e. The first-order valence-electron chi connectivity index (χ1n) is 7.72. The van der Waals surface area contributed by atoms with Crippen LogP contribution in [-0.2, 0) is 4.74 Å². The number of carbonyl (C=O) groups excluding carboxylic acids is 1. The molecule has 1 aromatic heterocycles. The number of rotatable bonds is 1. The molecule has 23 heavy (non-hydrogen) atoms. The lowest BCUT2D eigenvalue weighted by molar-refractivity contribution is 0.0178. The number of amides is 1. The minimum Gasteiger partial charge on any atom is -0.444 e. The Bertz CT molecular complexity index is 596. The Morgan fingerprint density at radius 2 is 1.91 bits per heavy atom. The van der Waals surface area contributed by atoms with Crippen LogP contribution < -0.4 is 10.6 Å². The highest BCUT2D eigenvalue weighted by molar-refractivity contribution is 5.69. The van der Waals surface area contributed by atoms with Crippen LogP contribution in [0.25, 0.3) is 0 Å². The zero-order chi connectivity index (χ0) is 17.4. The second kappa shape index (κ2) is 5.82. The monoisotopic (exact) mass is 322 g/mol. The molecule has 1 aliphatic rings. The maximum absolute atomic E-state index is 12.3. The highest BCUT2D eigenvalue weighted by atomic mass is 16.6. The summed E-state index contributed by atoms with van der Waals surface area (Å²) in [6.45, 7) is 13.1. The number of carbonyl (C=O) groups is 1. The van der Waals surface area contributed by atoms with Gasteiger partial charge in [-0.3, -0.25) is 0 Å². The van der Waals surface area contributed by atoms with Gasteiger partial charge in [0.1, 0.15) is 11.3 Å². The molecule has 8 heteroatoms. The van der Waals surface area contributed by atoms with Crippen molar-refractivity contribution >= 4 is 17.9 Å². The van der Waals surface area contributed by atoms with Crippen molar-refractivity contribution in [3.05, 3.63) is 5.69 Å². The Balaban J connectivity index is 2.14. The van der Waals surface area contributed by atoms with E-state index in [2.05, 4.69) is 15.2 Å². The van der Waals surface area contributed by atoms with Crippen molar-refractivity contribution in [2.75, 3.05) is 30.3 Å². The molecule has 128 valence electrons. The van der Waals surface area contributed by atoms with Crippen LogP contribution in [0.4, 0.5) is 16.6 Å². The van der Waals surface area contributed by atoms with Gasteiger partial charge < -0.3 is 20.3 Å². The van der Waals surface area contributed by atoms with Gasteiger partial charge in [0.05, 0.1) is 5.54 Å². The lowest BCUT2D eigenvalue weighted by Gasteiger charge is -2.46. The molecule has 0 unspecified atom stereocenters. The summed E-state index contributed by atoms with van der Waals surface area (Å²) >= 11 is 0. The average molecular weight is 322 g/mol. The molecule has 0 bridgehead atoms. The lowest BCUT2D eigenvalue weighted by atomic mass is 9.99. The van der Waals surface area contributed by atoms with Crippen molar-refractivity contribution < 1.29 is 9.53 Å². The van der Waals surface area contributed by atoms with Gasteiger partial charge in [0.25, 0.3) is 0 Å². The Labute approximate surface area is 137 Å². The number of piperazine rings is 1. The zero-order valence-electron chi connectivity index (χ0n) is 14.8. The summed E-state index contributed by atoms with van der Waals surface area (Å²) in [6.07, 6.45) is -0.298. The Morgan fingerprint density at radius 1 is 1.26 bits per heavy atom. The molecule has 2 heterocycles. The summed E-state index contributed by atoms with van der Waals surface area (Å²) < 4.78 is 5.45. The maximum Gasteiger partial charge on any atom is 0.410 e. The average Bonchev–Trinajstić information content (AvgIpc) is 2.39. The number of ether oxygens (including phenoxy) is 1. The fourth-order valence-electron chi connectivity index (χ4n) is 2.50. The van der Waals surface area contributed by atoms with E-state index in [1.807, 2.05) is 39.5 Å². The summed E-state index contributed by atoms with van der Waals surface area (Å²) in [6, 6.07) is 0. The normalized spacial score (nSPS) is 18.0. The van der Waals surface area contributed by atoms with Crippen molar-refractivity contribution in [2.24, 2.45) is 0 Å². The SMILES string of the molecule is Cc1nnc(N2CCN(C(=O)OC(C)(C)C)CC2(C)C)nc1N. The van der Waals surface area contributed by atoms with E-state index >= 15 is 0 Å². The number of nitrogen functional groups attached to an aromatic ring is 1. The van der Waals surface area contributed by atoms with E-state index in [9.17, 15) is 4.79 Å². The van der Waals surface area contributed by atoms with Crippen molar-refractivity contribution in [2.45, 2.75) is 52.7 Å². The number of nitrogens with two attached hydrogens (primary N) is 1. The summed E-state index contributed by atoms with van der Waals surface area (Å²) in [7, 11) is 0. The van der Waals surface area contributed by atoms with Crippen LogP contribution in [0.1, 0.15) is 40.3 Å². The predicted octanol–water partition coefficient (Wildman–Crippen LogP) is 1.60. The van der Waals surface area contributed by atoms with E-state index in [0.717, 1.165) is 0 Å². The molecular formula is C15H26N6O2. The van der Waals surface area contributed by atoms with Crippen LogP contribution in [0.3, 0.4) is 0 Å². The minimum absolute atomic E-state index is 0.298. The number of anilines is 2. The molecule has 1 saturated heterocycles. The van der Waals surface area contributed by atoms with Gasteiger partial charge in [0, 0.05) is 19.6 Å². The second-order valence-electron chi connectivity index (χ2n) is 7.45. The Hall–Kier alpha value is -2.12. The van der Waals surface area contributed by atoms with Crippen LogP contribution >= 0.6 is 0 Å². The van der Waals surface area contributed by atoms with Crippen LogP contribution in [0.15, 0.2) is 0 Å². The highest BCUT2D eigenvalue weighted by Crippen LogP contribution is 2.26. The van der Waals surface area contributed by atoms with Crippen LogP contribution in [0, 0.1) is 6.92 Å². The van der Waals surface area contributed by atoms with E-state index in [-0.39, 0.29) is 11.6 Å². The standard InChI is InChI=1S/C15H26N6O2/c1-10-11(16)17-12(19-18-10)21-8-7-20(9-15(21,5)6)13(22)23-14(2,3)4/h7-9H2,1-6H3,(H2,16,17,19). The van der Waals surface area contributed by atoms with Gasteiger partial charge in [-0.25, -0.2) is 4.79 Å². The molecule has 1 fully saturated rings. The summed E-state index contributed by atoms with van der Waals surface area (Å²) in [5, 5.41) is 8.18. The number of aromatic nitrogens is 3. The molecule has 0 spiro atoms. The quantitative estimate of drug-likeness (QED) is 0.838.